The zero-order chi connectivity index (χ0) is 12.3. The van der Waals surface area contributed by atoms with E-state index in [1.165, 1.54) is 11.3 Å². The summed E-state index contributed by atoms with van der Waals surface area (Å²) < 4.78 is 0. The third kappa shape index (κ3) is 3.19. The van der Waals surface area contributed by atoms with Crippen molar-refractivity contribution < 1.29 is 4.79 Å². The van der Waals surface area contributed by atoms with Gasteiger partial charge in [-0.25, -0.2) is 4.98 Å². The predicted octanol–water partition coefficient (Wildman–Crippen LogP) is 3.48. The van der Waals surface area contributed by atoms with Gasteiger partial charge in [-0.1, -0.05) is 36.8 Å². The lowest BCUT2D eigenvalue weighted by molar-refractivity contribution is 0.112. The summed E-state index contributed by atoms with van der Waals surface area (Å²) in [7, 11) is 1.98. The fourth-order valence-corrected chi connectivity index (χ4v) is 2.68. The Balaban J connectivity index is 2.79. The number of rotatable bonds is 5. The Morgan fingerprint density at radius 2 is 2.12 bits per heavy atom. The summed E-state index contributed by atoms with van der Waals surface area (Å²) in [6.07, 6.45) is 1.84. The maximum absolute atomic E-state index is 10.7. The molecule has 0 aliphatic carbocycles. The van der Waals surface area contributed by atoms with Gasteiger partial charge in [0.25, 0.3) is 0 Å². The Morgan fingerprint density at radius 1 is 1.50 bits per heavy atom. The number of aldehydes is 1. The summed E-state index contributed by atoms with van der Waals surface area (Å²) in [4.78, 5) is 17.4. The molecule has 0 radical (unpaired) electrons. The van der Waals surface area contributed by atoms with Gasteiger partial charge in [-0.2, -0.15) is 0 Å². The van der Waals surface area contributed by atoms with Crippen molar-refractivity contribution in [1.29, 1.82) is 0 Å². The molecule has 0 amide bonds. The Hall–Kier alpha value is -0.610. The van der Waals surface area contributed by atoms with Gasteiger partial charge in [0.05, 0.1) is 0 Å². The molecule has 16 heavy (non-hydrogen) atoms. The zero-order valence-corrected chi connectivity index (χ0v) is 11.6. The first kappa shape index (κ1) is 13.5. The van der Waals surface area contributed by atoms with Crippen LogP contribution in [-0.4, -0.2) is 24.4 Å². The van der Waals surface area contributed by atoms with Crippen molar-refractivity contribution in [2.75, 3.05) is 11.9 Å². The first-order valence-electron chi connectivity index (χ1n) is 5.30. The summed E-state index contributed by atoms with van der Waals surface area (Å²) in [6.45, 7) is 6.53. The summed E-state index contributed by atoms with van der Waals surface area (Å²) in [5, 5.41) is 1.11. The molecule has 0 saturated heterocycles. The third-order valence-electron chi connectivity index (χ3n) is 2.48. The second-order valence-corrected chi connectivity index (χ2v) is 5.73. The Morgan fingerprint density at radius 3 is 2.56 bits per heavy atom. The molecule has 0 bridgehead atoms. The average molecular weight is 261 g/mol. The van der Waals surface area contributed by atoms with Gasteiger partial charge in [0.2, 0.25) is 0 Å². The number of nitrogens with zero attached hydrogens (tertiary/aromatic N) is 2. The maximum Gasteiger partial charge on any atom is 0.187 e. The smallest absolute Gasteiger partial charge is 0.187 e. The molecule has 0 aliphatic rings. The summed E-state index contributed by atoms with van der Waals surface area (Å²) in [5.74, 6) is 0.637. The molecule has 1 aromatic rings. The largest absolute Gasteiger partial charge is 0.348 e. The van der Waals surface area contributed by atoms with E-state index in [4.69, 9.17) is 11.6 Å². The number of anilines is 1. The molecule has 0 spiro atoms. The normalized spacial score (nSPS) is 12.9. The van der Waals surface area contributed by atoms with Gasteiger partial charge in [-0.3, -0.25) is 4.79 Å². The first-order valence-corrected chi connectivity index (χ1v) is 6.49. The van der Waals surface area contributed by atoms with Crippen molar-refractivity contribution in [3.8, 4) is 0 Å². The van der Waals surface area contributed by atoms with E-state index in [0.717, 1.165) is 17.8 Å². The van der Waals surface area contributed by atoms with E-state index in [1.54, 1.807) is 0 Å². The minimum Gasteiger partial charge on any atom is -0.348 e. The lowest BCUT2D eigenvalue weighted by Crippen LogP contribution is -2.29. The van der Waals surface area contributed by atoms with E-state index in [0.29, 0.717) is 22.0 Å². The van der Waals surface area contributed by atoms with Crippen molar-refractivity contribution in [3.05, 3.63) is 10.0 Å². The van der Waals surface area contributed by atoms with Crippen LogP contribution in [-0.2, 0) is 0 Å². The molecule has 1 heterocycles. The van der Waals surface area contributed by atoms with Crippen molar-refractivity contribution >= 4 is 34.4 Å². The van der Waals surface area contributed by atoms with E-state index in [9.17, 15) is 4.79 Å². The van der Waals surface area contributed by atoms with Crippen molar-refractivity contribution in [3.63, 3.8) is 0 Å². The highest BCUT2D eigenvalue weighted by molar-refractivity contribution is 7.17. The van der Waals surface area contributed by atoms with Crippen LogP contribution in [0.15, 0.2) is 0 Å². The highest BCUT2D eigenvalue weighted by Crippen LogP contribution is 2.29. The van der Waals surface area contributed by atoms with E-state index in [2.05, 4.69) is 30.7 Å². The van der Waals surface area contributed by atoms with E-state index in [-0.39, 0.29) is 0 Å². The van der Waals surface area contributed by atoms with Crippen LogP contribution < -0.4 is 4.90 Å². The molecular formula is C11H17ClN2OS. The molecule has 3 nitrogen and oxygen atoms in total. The fraction of sp³-hybridized carbons (Fsp3) is 0.636. The highest BCUT2D eigenvalue weighted by atomic mass is 35.5. The Bertz CT molecular complexity index is 365. The topological polar surface area (TPSA) is 33.2 Å². The lowest BCUT2D eigenvalue weighted by atomic mass is 10.0. The summed E-state index contributed by atoms with van der Waals surface area (Å²) in [5.41, 5.74) is 0. The molecular weight excluding hydrogens is 244 g/mol. The fourth-order valence-electron chi connectivity index (χ4n) is 1.55. The SMILES string of the molecule is CC(C)CC(C)N(C)c1nc(Cl)c(C=O)s1. The van der Waals surface area contributed by atoms with E-state index < -0.39 is 0 Å². The van der Waals surface area contributed by atoms with Crippen LogP contribution in [0.2, 0.25) is 5.15 Å². The van der Waals surface area contributed by atoms with Crippen LogP contribution in [0.1, 0.15) is 36.9 Å². The van der Waals surface area contributed by atoms with E-state index >= 15 is 0 Å². The van der Waals surface area contributed by atoms with Gasteiger partial charge in [0.1, 0.15) is 4.88 Å². The quantitative estimate of drug-likeness (QED) is 0.760. The molecule has 0 aromatic carbocycles. The van der Waals surface area contributed by atoms with Crippen LogP contribution in [0.4, 0.5) is 5.13 Å². The number of aromatic nitrogens is 1. The van der Waals surface area contributed by atoms with Gasteiger partial charge in [0, 0.05) is 13.1 Å². The van der Waals surface area contributed by atoms with E-state index in [1.807, 2.05) is 7.05 Å². The molecule has 0 N–H and O–H groups in total. The number of carbonyl (C=O) groups is 1. The molecule has 0 saturated carbocycles. The second-order valence-electron chi connectivity index (χ2n) is 4.36. The van der Waals surface area contributed by atoms with Gasteiger partial charge < -0.3 is 4.90 Å². The summed E-state index contributed by atoms with van der Waals surface area (Å²) >= 11 is 7.18. The van der Waals surface area contributed by atoms with Crippen molar-refractivity contribution in [2.45, 2.75) is 33.2 Å². The average Bonchev–Trinajstić information content (AvgIpc) is 2.57. The standard InChI is InChI=1S/C11H17ClN2OS/c1-7(2)5-8(3)14(4)11-13-10(12)9(6-15)16-11/h6-8H,5H2,1-4H3. The minimum absolute atomic E-state index is 0.304. The van der Waals surface area contributed by atoms with Crippen LogP contribution in [0, 0.1) is 5.92 Å². The molecule has 5 heteroatoms. The molecule has 0 aliphatic heterocycles. The maximum atomic E-state index is 10.7. The second kappa shape index (κ2) is 5.64. The van der Waals surface area contributed by atoms with Gasteiger partial charge in [-0.15, -0.1) is 0 Å². The van der Waals surface area contributed by atoms with Crippen LogP contribution in [0.3, 0.4) is 0 Å². The monoisotopic (exact) mass is 260 g/mol. The molecule has 90 valence electrons. The van der Waals surface area contributed by atoms with Crippen LogP contribution in [0.25, 0.3) is 0 Å². The van der Waals surface area contributed by atoms with Gasteiger partial charge in [-0.05, 0) is 19.3 Å². The van der Waals surface area contributed by atoms with Crippen LogP contribution in [0.5, 0.6) is 0 Å². The molecule has 0 fully saturated rings. The minimum atomic E-state index is 0.304. The van der Waals surface area contributed by atoms with Crippen molar-refractivity contribution in [2.24, 2.45) is 5.92 Å². The summed E-state index contributed by atoms with van der Waals surface area (Å²) in [6, 6.07) is 0.390. The van der Waals surface area contributed by atoms with Crippen LogP contribution >= 0.6 is 22.9 Å². The van der Waals surface area contributed by atoms with Gasteiger partial charge in [0.15, 0.2) is 16.6 Å². The molecule has 1 unspecified atom stereocenters. The number of hydrogen-bond donors (Lipinski definition) is 0. The zero-order valence-electron chi connectivity index (χ0n) is 10.0. The highest BCUT2D eigenvalue weighted by Gasteiger charge is 2.17. The molecule has 1 atom stereocenters. The number of carbonyl (C=O) groups excluding carboxylic acids is 1. The number of hydrogen-bond acceptors (Lipinski definition) is 4. The first-order chi connectivity index (χ1) is 7.45. The molecule has 1 aromatic heterocycles. The predicted molar refractivity (Wildman–Crippen MR) is 69.8 cm³/mol. The Kier molecular flexibility index (Phi) is 4.74. The lowest BCUT2D eigenvalue weighted by Gasteiger charge is -2.25. The third-order valence-corrected chi connectivity index (χ3v) is 3.95. The van der Waals surface area contributed by atoms with Crippen molar-refractivity contribution in [1.82, 2.24) is 4.98 Å². The number of halogens is 1. The molecule has 1 rings (SSSR count). The van der Waals surface area contributed by atoms with Gasteiger partial charge >= 0.3 is 0 Å². The Labute approximate surface area is 105 Å². The number of thiazole rings is 1.